The van der Waals surface area contributed by atoms with Gasteiger partial charge in [0.1, 0.15) is 6.10 Å². The fraction of sp³-hybridized carbons (Fsp3) is 0.154. The molecule has 3 aromatic carbocycles. The number of benzene rings is 3. The van der Waals surface area contributed by atoms with E-state index in [-0.39, 0.29) is 24.2 Å². The second-order valence-corrected chi connectivity index (χ2v) is 8.26. The lowest BCUT2D eigenvalue weighted by Gasteiger charge is -2.20. The first-order valence-corrected chi connectivity index (χ1v) is 10.9. The molecule has 0 saturated carbocycles. The predicted molar refractivity (Wildman–Crippen MR) is 124 cm³/mol. The van der Waals surface area contributed by atoms with Crippen LogP contribution in [0.15, 0.2) is 79.0 Å². The molecular weight excluding hydrogens is 424 g/mol. The number of hydrogen-bond donors (Lipinski definition) is 2. The fourth-order valence-electron chi connectivity index (χ4n) is 4.36. The van der Waals surface area contributed by atoms with Gasteiger partial charge >= 0.3 is 5.97 Å². The second-order valence-electron chi connectivity index (χ2n) is 7.85. The molecule has 0 bridgehead atoms. The third-order valence-corrected chi connectivity index (χ3v) is 6.27. The molecule has 6 heteroatoms. The van der Waals surface area contributed by atoms with Crippen molar-refractivity contribution in [3.63, 3.8) is 0 Å². The maximum absolute atomic E-state index is 12.8. The van der Waals surface area contributed by atoms with Crippen LogP contribution in [0.4, 0.5) is 0 Å². The molecule has 1 aromatic heterocycles. The summed E-state index contributed by atoms with van der Waals surface area (Å²) in [6, 6.07) is 22.9. The number of para-hydroxylation sites is 1. The summed E-state index contributed by atoms with van der Waals surface area (Å²) in [6.45, 7) is 0.368. The molecule has 1 amide bonds. The van der Waals surface area contributed by atoms with E-state index in [1.54, 1.807) is 12.1 Å². The number of H-pyrrole nitrogens is 1. The first kappa shape index (κ1) is 20.3. The van der Waals surface area contributed by atoms with Gasteiger partial charge in [-0.15, -0.1) is 0 Å². The second kappa shape index (κ2) is 8.52. The monoisotopic (exact) mass is 444 g/mol. The van der Waals surface area contributed by atoms with Crippen molar-refractivity contribution in [2.24, 2.45) is 0 Å². The summed E-state index contributed by atoms with van der Waals surface area (Å²) in [5, 5.41) is 4.77. The molecule has 0 radical (unpaired) electrons. The molecule has 2 N–H and O–H groups in total. The van der Waals surface area contributed by atoms with E-state index in [1.807, 2.05) is 60.8 Å². The Morgan fingerprint density at radius 1 is 1.00 bits per heavy atom. The van der Waals surface area contributed by atoms with Crippen molar-refractivity contribution in [3.05, 3.63) is 106 Å². The lowest BCUT2D eigenvalue weighted by Crippen LogP contribution is -2.30. The highest BCUT2D eigenvalue weighted by Gasteiger charge is 2.32. The highest BCUT2D eigenvalue weighted by molar-refractivity contribution is 6.31. The molecule has 0 fully saturated rings. The van der Waals surface area contributed by atoms with Gasteiger partial charge in [0.15, 0.2) is 0 Å². The number of aromatic nitrogens is 1. The van der Waals surface area contributed by atoms with Crippen molar-refractivity contribution in [2.45, 2.75) is 18.4 Å². The van der Waals surface area contributed by atoms with Crippen LogP contribution in [0.5, 0.6) is 0 Å². The van der Waals surface area contributed by atoms with Crippen molar-refractivity contribution >= 4 is 34.4 Å². The van der Waals surface area contributed by atoms with Gasteiger partial charge in [0.05, 0.1) is 12.0 Å². The standard InChI is InChI=1S/C26H21ClN2O3/c27-22-11-5-3-7-16(22)20(21-14-28-23-12-6-4-8-17(21)23)15-29-25(30)13-24-18-9-1-2-10-19(18)26(31)32-24/h1-12,14,20,24,28H,13,15H2,(H,29,30). The lowest BCUT2D eigenvalue weighted by atomic mass is 9.90. The minimum Gasteiger partial charge on any atom is -0.453 e. The van der Waals surface area contributed by atoms with Crippen LogP contribution in [0.1, 0.15) is 45.5 Å². The number of carbonyl (C=O) groups excluding carboxylic acids is 2. The van der Waals surface area contributed by atoms with Crippen LogP contribution in [0.2, 0.25) is 5.02 Å². The van der Waals surface area contributed by atoms with Gasteiger partial charge in [0, 0.05) is 40.1 Å². The molecule has 0 saturated heterocycles. The summed E-state index contributed by atoms with van der Waals surface area (Å²) in [6.07, 6.45) is 1.48. The number of aromatic amines is 1. The van der Waals surface area contributed by atoms with E-state index in [1.165, 1.54) is 0 Å². The number of nitrogens with one attached hydrogen (secondary N) is 2. The molecule has 160 valence electrons. The first-order chi connectivity index (χ1) is 15.6. The van der Waals surface area contributed by atoms with Crippen LogP contribution in [-0.2, 0) is 9.53 Å². The van der Waals surface area contributed by atoms with Crippen molar-refractivity contribution < 1.29 is 14.3 Å². The first-order valence-electron chi connectivity index (χ1n) is 10.5. The maximum Gasteiger partial charge on any atom is 0.339 e. The SMILES string of the molecule is O=C(CC1OC(=O)c2ccccc21)NCC(c1ccccc1Cl)c1c[nH]c2ccccc12. The Kier molecular flexibility index (Phi) is 5.41. The average Bonchev–Trinajstić information content (AvgIpc) is 3.37. The van der Waals surface area contributed by atoms with E-state index in [0.717, 1.165) is 27.6 Å². The van der Waals surface area contributed by atoms with Gasteiger partial charge in [-0.05, 0) is 29.3 Å². The minimum atomic E-state index is -0.564. The largest absolute Gasteiger partial charge is 0.453 e. The zero-order chi connectivity index (χ0) is 22.1. The van der Waals surface area contributed by atoms with E-state index >= 15 is 0 Å². The number of halogens is 1. The van der Waals surface area contributed by atoms with Crippen molar-refractivity contribution in [3.8, 4) is 0 Å². The molecule has 1 aliphatic rings. The molecule has 1 aliphatic heterocycles. The van der Waals surface area contributed by atoms with E-state index in [2.05, 4.69) is 16.4 Å². The lowest BCUT2D eigenvalue weighted by molar-refractivity contribution is -0.123. The summed E-state index contributed by atoms with van der Waals surface area (Å²) in [5.74, 6) is -0.704. The van der Waals surface area contributed by atoms with Crippen molar-refractivity contribution in [2.75, 3.05) is 6.54 Å². The van der Waals surface area contributed by atoms with Crippen LogP contribution >= 0.6 is 11.6 Å². The van der Waals surface area contributed by atoms with E-state index in [0.29, 0.717) is 17.1 Å². The summed E-state index contributed by atoms with van der Waals surface area (Å²) in [7, 11) is 0. The Hall–Kier alpha value is -3.57. The Balaban J connectivity index is 1.38. The number of carbonyl (C=O) groups is 2. The zero-order valence-corrected chi connectivity index (χ0v) is 17.9. The van der Waals surface area contributed by atoms with Gasteiger partial charge in [0.2, 0.25) is 5.91 Å². The Labute approximate surface area is 190 Å². The molecular formula is C26H21ClN2O3. The molecule has 4 aromatic rings. The number of ether oxygens (including phenoxy) is 1. The molecule has 0 spiro atoms. The topological polar surface area (TPSA) is 71.2 Å². The highest BCUT2D eigenvalue weighted by atomic mass is 35.5. The number of hydrogen-bond acceptors (Lipinski definition) is 3. The quantitative estimate of drug-likeness (QED) is 0.393. The number of rotatable bonds is 6. The Morgan fingerprint density at radius 2 is 1.75 bits per heavy atom. The minimum absolute atomic E-state index is 0.0753. The summed E-state index contributed by atoms with van der Waals surface area (Å²) >= 11 is 6.53. The van der Waals surface area contributed by atoms with Gasteiger partial charge in [-0.3, -0.25) is 4.79 Å². The van der Waals surface area contributed by atoms with Crippen molar-refractivity contribution in [1.29, 1.82) is 0 Å². The van der Waals surface area contributed by atoms with Crippen LogP contribution in [0.25, 0.3) is 10.9 Å². The molecule has 2 heterocycles. The van der Waals surface area contributed by atoms with Gasteiger partial charge < -0.3 is 15.0 Å². The predicted octanol–water partition coefficient (Wildman–Crippen LogP) is 5.37. The smallest absolute Gasteiger partial charge is 0.339 e. The highest BCUT2D eigenvalue weighted by Crippen LogP contribution is 2.35. The third-order valence-electron chi connectivity index (χ3n) is 5.93. The van der Waals surface area contributed by atoms with Crippen molar-refractivity contribution in [1.82, 2.24) is 10.3 Å². The molecule has 2 atom stereocenters. The molecule has 2 unspecified atom stereocenters. The maximum atomic E-state index is 12.8. The number of cyclic esters (lactones) is 1. The molecule has 5 nitrogen and oxygen atoms in total. The van der Waals surface area contributed by atoms with Gasteiger partial charge in [-0.2, -0.15) is 0 Å². The zero-order valence-electron chi connectivity index (χ0n) is 17.2. The average molecular weight is 445 g/mol. The molecule has 0 aliphatic carbocycles. The number of fused-ring (bicyclic) bond motifs is 2. The van der Waals surface area contributed by atoms with E-state index in [4.69, 9.17) is 16.3 Å². The van der Waals surface area contributed by atoms with Crippen LogP contribution in [0.3, 0.4) is 0 Å². The van der Waals surface area contributed by atoms with E-state index < -0.39 is 6.10 Å². The Bertz CT molecular complexity index is 1310. The van der Waals surface area contributed by atoms with Crippen LogP contribution < -0.4 is 5.32 Å². The molecule has 5 rings (SSSR count). The number of amides is 1. The van der Waals surface area contributed by atoms with Gasteiger partial charge in [-0.25, -0.2) is 4.79 Å². The van der Waals surface area contributed by atoms with Gasteiger partial charge in [0.25, 0.3) is 0 Å². The third kappa shape index (κ3) is 3.76. The van der Waals surface area contributed by atoms with Crippen LogP contribution in [-0.4, -0.2) is 23.4 Å². The van der Waals surface area contributed by atoms with Gasteiger partial charge in [-0.1, -0.05) is 66.2 Å². The Morgan fingerprint density at radius 3 is 2.62 bits per heavy atom. The summed E-state index contributed by atoms with van der Waals surface area (Å²) < 4.78 is 5.42. The summed E-state index contributed by atoms with van der Waals surface area (Å²) in [4.78, 5) is 28.2. The van der Waals surface area contributed by atoms with Crippen LogP contribution in [0, 0.1) is 0 Å². The van der Waals surface area contributed by atoms with E-state index in [9.17, 15) is 9.59 Å². The normalized spacial score (nSPS) is 15.9. The number of esters is 1. The fourth-order valence-corrected chi connectivity index (χ4v) is 4.62. The molecule has 32 heavy (non-hydrogen) atoms. The summed E-state index contributed by atoms with van der Waals surface area (Å²) in [5.41, 5.74) is 4.31.